The molecule has 0 aliphatic carbocycles. The fraction of sp³-hybridized carbons (Fsp3) is 0.500. The lowest BCUT2D eigenvalue weighted by atomic mass is 9.92. The molecule has 1 aromatic rings. The SMILES string of the molecule is COC(=O)c1ccccc1NCC1(O)CCNCC1. The van der Waals surface area contributed by atoms with Gasteiger partial charge in [0.25, 0.3) is 0 Å². The first-order valence-corrected chi connectivity index (χ1v) is 6.49. The third-order valence-electron chi connectivity index (χ3n) is 3.47. The molecule has 2 rings (SSSR count). The fourth-order valence-corrected chi connectivity index (χ4v) is 2.25. The van der Waals surface area contributed by atoms with Crippen LogP contribution in [0.1, 0.15) is 23.2 Å². The van der Waals surface area contributed by atoms with Gasteiger partial charge in [0.15, 0.2) is 0 Å². The van der Waals surface area contributed by atoms with Gasteiger partial charge >= 0.3 is 5.97 Å². The van der Waals surface area contributed by atoms with Crippen LogP contribution in [0.5, 0.6) is 0 Å². The highest BCUT2D eigenvalue weighted by Gasteiger charge is 2.29. The third kappa shape index (κ3) is 3.45. The third-order valence-corrected chi connectivity index (χ3v) is 3.47. The van der Waals surface area contributed by atoms with Gasteiger partial charge in [-0.05, 0) is 38.1 Å². The quantitative estimate of drug-likeness (QED) is 0.708. The van der Waals surface area contributed by atoms with E-state index in [0.717, 1.165) is 13.1 Å². The number of piperidine rings is 1. The van der Waals surface area contributed by atoms with Crippen molar-refractivity contribution in [1.82, 2.24) is 5.32 Å². The van der Waals surface area contributed by atoms with Gasteiger partial charge in [0.2, 0.25) is 0 Å². The first kappa shape index (κ1) is 13.8. The van der Waals surface area contributed by atoms with E-state index in [1.165, 1.54) is 7.11 Å². The van der Waals surface area contributed by atoms with E-state index < -0.39 is 5.60 Å². The number of carbonyl (C=O) groups is 1. The van der Waals surface area contributed by atoms with Gasteiger partial charge in [-0.3, -0.25) is 0 Å². The van der Waals surface area contributed by atoms with Crippen molar-refractivity contribution >= 4 is 11.7 Å². The zero-order valence-electron chi connectivity index (χ0n) is 11.1. The van der Waals surface area contributed by atoms with Gasteiger partial charge < -0.3 is 20.5 Å². The molecule has 1 fully saturated rings. The Kier molecular flexibility index (Phi) is 4.39. The monoisotopic (exact) mass is 264 g/mol. The van der Waals surface area contributed by atoms with Crippen molar-refractivity contribution < 1.29 is 14.6 Å². The Bertz CT molecular complexity index is 442. The van der Waals surface area contributed by atoms with E-state index in [9.17, 15) is 9.90 Å². The highest BCUT2D eigenvalue weighted by atomic mass is 16.5. The van der Waals surface area contributed by atoms with E-state index in [2.05, 4.69) is 10.6 Å². The minimum atomic E-state index is -0.714. The summed E-state index contributed by atoms with van der Waals surface area (Å²) in [5, 5.41) is 16.8. The summed E-state index contributed by atoms with van der Waals surface area (Å²) in [6.07, 6.45) is 1.42. The Morgan fingerprint density at radius 1 is 1.42 bits per heavy atom. The summed E-state index contributed by atoms with van der Waals surface area (Å²) in [6, 6.07) is 7.16. The van der Waals surface area contributed by atoms with Crippen molar-refractivity contribution in [3.05, 3.63) is 29.8 Å². The zero-order chi connectivity index (χ0) is 13.7. The molecule has 1 aliphatic rings. The molecule has 5 heteroatoms. The summed E-state index contributed by atoms with van der Waals surface area (Å²) in [5.41, 5.74) is 0.470. The van der Waals surface area contributed by atoms with Crippen LogP contribution in [0.4, 0.5) is 5.69 Å². The summed E-state index contributed by atoms with van der Waals surface area (Å²) >= 11 is 0. The summed E-state index contributed by atoms with van der Waals surface area (Å²) in [7, 11) is 1.36. The fourth-order valence-electron chi connectivity index (χ4n) is 2.25. The van der Waals surface area contributed by atoms with Gasteiger partial charge in [0, 0.05) is 12.2 Å². The number of benzene rings is 1. The molecular weight excluding hydrogens is 244 g/mol. The van der Waals surface area contributed by atoms with E-state index in [1.807, 2.05) is 12.1 Å². The molecule has 19 heavy (non-hydrogen) atoms. The molecule has 0 spiro atoms. The molecule has 0 bridgehead atoms. The predicted molar refractivity (Wildman–Crippen MR) is 73.3 cm³/mol. The molecule has 104 valence electrons. The average Bonchev–Trinajstić information content (AvgIpc) is 2.45. The Morgan fingerprint density at radius 3 is 2.79 bits per heavy atom. The molecular formula is C14H20N2O3. The van der Waals surface area contributed by atoms with Gasteiger partial charge in [-0.1, -0.05) is 12.1 Å². The molecule has 3 N–H and O–H groups in total. The maximum absolute atomic E-state index is 11.6. The number of hydrogen-bond acceptors (Lipinski definition) is 5. The Balaban J connectivity index is 2.04. The predicted octanol–water partition coefficient (Wildman–Crippen LogP) is 1.000. The molecule has 1 heterocycles. The number of para-hydroxylation sites is 1. The Hall–Kier alpha value is -1.59. The number of aliphatic hydroxyl groups is 1. The van der Waals surface area contributed by atoms with Crippen molar-refractivity contribution in [1.29, 1.82) is 0 Å². The van der Waals surface area contributed by atoms with Crippen LogP contribution in [0.15, 0.2) is 24.3 Å². The largest absolute Gasteiger partial charge is 0.465 e. The topological polar surface area (TPSA) is 70.6 Å². The first-order valence-electron chi connectivity index (χ1n) is 6.49. The average molecular weight is 264 g/mol. The second kappa shape index (κ2) is 6.04. The molecule has 0 radical (unpaired) electrons. The number of methoxy groups -OCH3 is 1. The number of anilines is 1. The number of rotatable bonds is 4. The van der Waals surface area contributed by atoms with Crippen molar-refractivity contribution in [3.63, 3.8) is 0 Å². The zero-order valence-corrected chi connectivity index (χ0v) is 11.1. The minimum Gasteiger partial charge on any atom is -0.465 e. The van der Waals surface area contributed by atoms with Gasteiger partial charge in [-0.15, -0.1) is 0 Å². The van der Waals surface area contributed by atoms with Gasteiger partial charge in [0.1, 0.15) is 0 Å². The van der Waals surface area contributed by atoms with Crippen LogP contribution in [0, 0.1) is 0 Å². The standard InChI is InChI=1S/C14H20N2O3/c1-19-13(17)11-4-2-3-5-12(11)16-10-14(18)6-8-15-9-7-14/h2-5,15-16,18H,6-10H2,1H3. The Morgan fingerprint density at radius 2 is 2.11 bits per heavy atom. The second-order valence-corrected chi connectivity index (χ2v) is 4.87. The van der Waals surface area contributed by atoms with Crippen molar-refractivity contribution in [2.45, 2.75) is 18.4 Å². The molecule has 0 saturated carbocycles. The van der Waals surface area contributed by atoms with Crippen LogP contribution in [-0.4, -0.2) is 43.4 Å². The number of nitrogens with one attached hydrogen (secondary N) is 2. The number of esters is 1. The van der Waals surface area contributed by atoms with Gasteiger partial charge in [-0.25, -0.2) is 4.79 Å². The number of hydrogen-bond donors (Lipinski definition) is 3. The highest BCUT2D eigenvalue weighted by Crippen LogP contribution is 2.21. The van der Waals surface area contributed by atoms with Gasteiger partial charge in [-0.2, -0.15) is 0 Å². The number of carbonyl (C=O) groups excluding carboxylic acids is 1. The molecule has 5 nitrogen and oxygen atoms in total. The van der Waals surface area contributed by atoms with Crippen molar-refractivity contribution in [2.24, 2.45) is 0 Å². The van der Waals surface area contributed by atoms with Crippen LogP contribution in [-0.2, 0) is 4.74 Å². The lowest BCUT2D eigenvalue weighted by molar-refractivity contribution is 0.0231. The van der Waals surface area contributed by atoms with E-state index >= 15 is 0 Å². The van der Waals surface area contributed by atoms with Crippen LogP contribution >= 0.6 is 0 Å². The summed E-state index contributed by atoms with van der Waals surface area (Å²) in [6.45, 7) is 2.07. The minimum absolute atomic E-state index is 0.375. The van der Waals surface area contributed by atoms with Crippen LogP contribution in [0.2, 0.25) is 0 Å². The highest BCUT2D eigenvalue weighted by molar-refractivity contribution is 5.95. The van der Waals surface area contributed by atoms with Crippen molar-refractivity contribution in [3.8, 4) is 0 Å². The summed E-state index contributed by atoms with van der Waals surface area (Å²) < 4.78 is 4.74. The van der Waals surface area contributed by atoms with Crippen molar-refractivity contribution in [2.75, 3.05) is 32.1 Å². The van der Waals surface area contributed by atoms with Crippen LogP contribution < -0.4 is 10.6 Å². The lowest BCUT2D eigenvalue weighted by Gasteiger charge is -2.33. The molecule has 0 amide bonds. The Labute approximate surface area is 113 Å². The maximum Gasteiger partial charge on any atom is 0.339 e. The van der Waals surface area contributed by atoms with Crippen LogP contribution in [0.25, 0.3) is 0 Å². The number of ether oxygens (including phenoxy) is 1. The normalized spacial score (nSPS) is 17.8. The summed E-state index contributed by atoms with van der Waals surface area (Å²) in [5.74, 6) is -0.375. The molecule has 1 aromatic carbocycles. The van der Waals surface area contributed by atoms with Gasteiger partial charge in [0.05, 0.1) is 18.3 Å². The molecule has 0 unspecified atom stereocenters. The van der Waals surface area contributed by atoms with E-state index in [1.54, 1.807) is 12.1 Å². The molecule has 0 aromatic heterocycles. The smallest absolute Gasteiger partial charge is 0.339 e. The van der Waals surface area contributed by atoms with E-state index in [-0.39, 0.29) is 5.97 Å². The first-order chi connectivity index (χ1) is 9.14. The maximum atomic E-state index is 11.6. The van der Waals surface area contributed by atoms with Crippen LogP contribution in [0.3, 0.4) is 0 Å². The molecule has 1 saturated heterocycles. The van der Waals surface area contributed by atoms with E-state index in [4.69, 9.17) is 4.74 Å². The summed E-state index contributed by atoms with van der Waals surface area (Å²) in [4.78, 5) is 11.6. The molecule has 0 atom stereocenters. The second-order valence-electron chi connectivity index (χ2n) is 4.87. The van der Waals surface area contributed by atoms with E-state index in [0.29, 0.717) is 30.6 Å². The lowest BCUT2D eigenvalue weighted by Crippen LogP contribution is -2.46. The molecule has 1 aliphatic heterocycles.